The standard InChI is InChI=1S/C13H24N2/c1-13(5-2-6-13)10-15-8-7-14-12(9-15)11-3-4-11/h11-12,14H,2-10H2,1H3. The van der Waals surface area contributed by atoms with Crippen molar-refractivity contribution in [3.63, 3.8) is 0 Å². The van der Waals surface area contributed by atoms with E-state index in [-0.39, 0.29) is 0 Å². The van der Waals surface area contributed by atoms with Crippen LogP contribution in [0.3, 0.4) is 0 Å². The van der Waals surface area contributed by atoms with E-state index in [1.807, 2.05) is 0 Å². The molecular formula is C13H24N2. The second-order valence-electron chi connectivity index (χ2n) is 6.30. The van der Waals surface area contributed by atoms with Gasteiger partial charge in [0.2, 0.25) is 0 Å². The highest BCUT2D eigenvalue weighted by molar-refractivity contribution is 4.94. The van der Waals surface area contributed by atoms with Crippen LogP contribution in [0.1, 0.15) is 39.0 Å². The normalized spacial score (nSPS) is 36.2. The van der Waals surface area contributed by atoms with Crippen molar-refractivity contribution in [2.75, 3.05) is 26.2 Å². The summed E-state index contributed by atoms with van der Waals surface area (Å²) in [6.45, 7) is 7.65. The first-order chi connectivity index (χ1) is 7.25. The maximum atomic E-state index is 3.69. The lowest BCUT2D eigenvalue weighted by Gasteiger charge is -2.45. The molecule has 2 heteroatoms. The fourth-order valence-electron chi connectivity index (χ4n) is 3.28. The fraction of sp³-hybridized carbons (Fsp3) is 1.00. The highest BCUT2D eigenvalue weighted by atomic mass is 15.2. The van der Waals surface area contributed by atoms with Crippen LogP contribution in [0.2, 0.25) is 0 Å². The first-order valence-electron chi connectivity index (χ1n) is 6.71. The summed E-state index contributed by atoms with van der Waals surface area (Å²) in [7, 11) is 0. The molecule has 86 valence electrons. The molecule has 0 aromatic heterocycles. The van der Waals surface area contributed by atoms with Gasteiger partial charge < -0.3 is 5.32 Å². The Hall–Kier alpha value is -0.0800. The first kappa shape index (κ1) is 10.1. The Labute approximate surface area is 93.4 Å². The minimum atomic E-state index is 0.672. The summed E-state index contributed by atoms with van der Waals surface area (Å²) in [5, 5.41) is 3.69. The van der Waals surface area contributed by atoms with E-state index in [9.17, 15) is 0 Å². The molecular weight excluding hydrogens is 184 g/mol. The van der Waals surface area contributed by atoms with Crippen LogP contribution in [0.5, 0.6) is 0 Å². The van der Waals surface area contributed by atoms with Gasteiger partial charge in [0.25, 0.3) is 0 Å². The Morgan fingerprint density at radius 3 is 2.73 bits per heavy atom. The second-order valence-corrected chi connectivity index (χ2v) is 6.30. The summed E-state index contributed by atoms with van der Waals surface area (Å²) in [6.07, 6.45) is 7.34. The van der Waals surface area contributed by atoms with Crippen LogP contribution in [-0.4, -0.2) is 37.1 Å². The van der Waals surface area contributed by atoms with E-state index in [0.29, 0.717) is 5.41 Å². The van der Waals surface area contributed by atoms with Crippen molar-refractivity contribution in [3.8, 4) is 0 Å². The van der Waals surface area contributed by atoms with Crippen molar-refractivity contribution in [1.82, 2.24) is 10.2 Å². The molecule has 0 aromatic rings. The van der Waals surface area contributed by atoms with E-state index in [1.165, 1.54) is 58.3 Å². The highest BCUT2D eigenvalue weighted by Crippen LogP contribution is 2.41. The van der Waals surface area contributed by atoms with E-state index in [4.69, 9.17) is 0 Å². The van der Waals surface area contributed by atoms with Crippen LogP contribution in [-0.2, 0) is 0 Å². The number of nitrogens with zero attached hydrogens (tertiary/aromatic N) is 1. The Morgan fingerprint density at radius 1 is 1.33 bits per heavy atom. The predicted octanol–water partition coefficient (Wildman–Crippen LogP) is 1.86. The summed E-state index contributed by atoms with van der Waals surface area (Å²) >= 11 is 0. The molecule has 0 radical (unpaired) electrons. The largest absolute Gasteiger partial charge is 0.311 e. The van der Waals surface area contributed by atoms with E-state index in [2.05, 4.69) is 17.1 Å². The maximum Gasteiger partial charge on any atom is 0.0223 e. The number of hydrogen-bond donors (Lipinski definition) is 1. The lowest BCUT2D eigenvalue weighted by molar-refractivity contribution is 0.0653. The van der Waals surface area contributed by atoms with Crippen molar-refractivity contribution < 1.29 is 0 Å². The van der Waals surface area contributed by atoms with Crippen LogP contribution in [0.4, 0.5) is 0 Å². The van der Waals surface area contributed by atoms with Gasteiger partial charge in [-0.05, 0) is 37.0 Å². The fourth-order valence-corrected chi connectivity index (χ4v) is 3.28. The van der Waals surface area contributed by atoms with E-state index >= 15 is 0 Å². The summed E-state index contributed by atoms with van der Waals surface area (Å²) in [5.74, 6) is 1.02. The smallest absolute Gasteiger partial charge is 0.0223 e. The van der Waals surface area contributed by atoms with Gasteiger partial charge in [-0.25, -0.2) is 0 Å². The van der Waals surface area contributed by atoms with Gasteiger partial charge in [-0.3, -0.25) is 4.90 Å². The average molecular weight is 208 g/mol. The monoisotopic (exact) mass is 208 g/mol. The van der Waals surface area contributed by atoms with Crippen LogP contribution in [0.15, 0.2) is 0 Å². The Kier molecular flexibility index (Phi) is 2.52. The zero-order valence-electron chi connectivity index (χ0n) is 9.97. The third kappa shape index (κ3) is 2.21. The van der Waals surface area contributed by atoms with Gasteiger partial charge in [0.05, 0.1) is 0 Å². The van der Waals surface area contributed by atoms with Crippen molar-refractivity contribution in [2.45, 2.75) is 45.1 Å². The molecule has 0 amide bonds. The molecule has 1 saturated heterocycles. The topological polar surface area (TPSA) is 15.3 Å². The molecule has 2 saturated carbocycles. The Bertz CT molecular complexity index is 231. The quantitative estimate of drug-likeness (QED) is 0.761. The van der Waals surface area contributed by atoms with Gasteiger partial charge in [-0.2, -0.15) is 0 Å². The molecule has 3 fully saturated rings. The molecule has 2 nitrogen and oxygen atoms in total. The minimum absolute atomic E-state index is 0.672. The second kappa shape index (κ2) is 3.74. The van der Waals surface area contributed by atoms with Crippen LogP contribution in [0.25, 0.3) is 0 Å². The molecule has 1 N–H and O–H groups in total. The number of hydrogen-bond acceptors (Lipinski definition) is 2. The molecule has 0 bridgehead atoms. The lowest BCUT2D eigenvalue weighted by Crippen LogP contribution is -2.54. The maximum absolute atomic E-state index is 3.69. The SMILES string of the molecule is CC1(CN2CCNC(C3CC3)C2)CCC1. The van der Waals surface area contributed by atoms with Crippen molar-refractivity contribution in [1.29, 1.82) is 0 Å². The average Bonchev–Trinajstić information content (AvgIpc) is 2.99. The van der Waals surface area contributed by atoms with Gasteiger partial charge >= 0.3 is 0 Å². The molecule has 3 rings (SSSR count). The van der Waals surface area contributed by atoms with Crippen molar-refractivity contribution in [2.24, 2.45) is 11.3 Å². The zero-order chi connectivity index (χ0) is 10.3. The van der Waals surface area contributed by atoms with Crippen LogP contribution in [0, 0.1) is 11.3 Å². The van der Waals surface area contributed by atoms with E-state index in [0.717, 1.165) is 12.0 Å². The first-order valence-corrected chi connectivity index (χ1v) is 6.71. The summed E-state index contributed by atoms with van der Waals surface area (Å²) in [6, 6.07) is 0.822. The van der Waals surface area contributed by atoms with Crippen molar-refractivity contribution >= 4 is 0 Å². The molecule has 15 heavy (non-hydrogen) atoms. The molecule has 1 unspecified atom stereocenters. The molecule has 2 aliphatic carbocycles. The Morgan fingerprint density at radius 2 is 2.13 bits per heavy atom. The third-order valence-electron chi connectivity index (χ3n) is 4.65. The van der Waals surface area contributed by atoms with Gasteiger partial charge in [-0.1, -0.05) is 13.3 Å². The predicted molar refractivity (Wildman–Crippen MR) is 62.9 cm³/mol. The Balaban J connectivity index is 1.52. The molecule has 1 atom stereocenters. The van der Waals surface area contributed by atoms with Gasteiger partial charge in [0.1, 0.15) is 0 Å². The highest BCUT2D eigenvalue weighted by Gasteiger charge is 2.38. The van der Waals surface area contributed by atoms with Crippen LogP contribution >= 0.6 is 0 Å². The lowest BCUT2D eigenvalue weighted by atomic mass is 9.70. The number of nitrogens with one attached hydrogen (secondary N) is 1. The zero-order valence-corrected chi connectivity index (χ0v) is 9.97. The van der Waals surface area contributed by atoms with Gasteiger partial charge in [0.15, 0.2) is 0 Å². The van der Waals surface area contributed by atoms with Gasteiger partial charge in [-0.15, -0.1) is 0 Å². The molecule has 0 aromatic carbocycles. The summed E-state index contributed by atoms with van der Waals surface area (Å²) in [5.41, 5.74) is 0.672. The molecule has 1 heterocycles. The summed E-state index contributed by atoms with van der Waals surface area (Å²) in [4.78, 5) is 2.72. The van der Waals surface area contributed by atoms with Gasteiger partial charge in [0, 0.05) is 32.2 Å². The third-order valence-corrected chi connectivity index (χ3v) is 4.65. The van der Waals surface area contributed by atoms with E-state index in [1.54, 1.807) is 0 Å². The number of piperazine rings is 1. The number of rotatable bonds is 3. The van der Waals surface area contributed by atoms with Crippen LogP contribution < -0.4 is 5.32 Å². The molecule has 3 aliphatic rings. The van der Waals surface area contributed by atoms with E-state index < -0.39 is 0 Å². The minimum Gasteiger partial charge on any atom is -0.311 e. The summed E-state index contributed by atoms with van der Waals surface area (Å²) < 4.78 is 0. The van der Waals surface area contributed by atoms with Crippen molar-refractivity contribution in [3.05, 3.63) is 0 Å². The molecule has 1 aliphatic heterocycles. The molecule has 0 spiro atoms.